The van der Waals surface area contributed by atoms with E-state index in [2.05, 4.69) is 4.98 Å². The number of amides is 1. The molecule has 2 rings (SSSR count). The molecule has 2 heterocycles. The fourth-order valence-electron chi connectivity index (χ4n) is 2.07. The third-order valence-corrected chi connectivity index (χ3v) is 3.04. The largest absolute Gasteiger partial charge is 0.474 e. The Morgan fingerprint density at radius 3 is 2.84 bits per heavy atom. The van der Waals surface area contributed by atoms with Crippen molar-refractivity contribution in [3.8, 4) is 5.88 Å². The summed E-state index contributed by atoms with van der Waals surface area (Å²) in [7, 11) is 0. The predicted molar refractivity (Wildman–Crippen MR) is 69.2 cm³/mol. The first-order chi connectivity index (χ1) is 9.19. The summed E-state index contributed by atoms with van der Waals surface area (Å²) in [6.07, 6.45) is 4.77. The second kappa shape index (κ2) is 6.31. The van der Waals surface area contributed by atoms with E-state index in [0.29, 0.717) is 19.0 Å². The van der Waals surface area contributed by atoms with Crippen LogP contribution in [0, 0.1) is 5.95 Å². The van der Waals surface area contributed by atoms with E-state index in [9.17, 15) is 9.18 Å². The van der Waals surface area contributed by atoms with Crippen molar-refractivity contribution in [1.82, 2.24) is 9.88 Å². The van der Waals surface area contributed by atoms with Gasteiger partial charge < -0.3 is 9.64 Å². The Morgan fingerprint density at radius 2 is 2.21 bits per heavy atom. The highest BCUT2D eigenvalue weighted by atomic mass is 19.1. The van der Waals surface area contributed by atoms with Gasteiger partial charge in [-0.05, 0) is 19.1 Å². The third kappa shape index (κ3) is 3.77. The Hall–Kier alpha value is -1.91. The molecule has 4 nitrogen and oxygen atoms in total. The number of likely N-dealkylation sites (tertiary alicyclic amines) is 1. The van der Waals surface area contributed by atoms with Gasteiger partial charge >= 0.3 is 0 Å². The lowest BCUT2D eigenvalue weighted by atomic mass is 10.1. The lowest BCUT2D eigenvalue weighted by Gasteiger charge is -2.31. The van der Waals surface area contributed by atoms with Crippen molar-refractivity contribution in [2.24, 2.45) is 0 Å². The standard InChI is InChI=1S/C14H17FN2O2/c1-2-4-14(18)17-9-7-11(8-10-17)19-13-6-3-5-12(15)16-13/h2-6,11H,7-10H2,1H3/b4-2+. The average Bonchev–Trinajstić information content (AvgIpc) is 2.40. The van der Waals surface area contributed by atoms with Crippen molar-refractivity contribution >= 4 is 5.91 Å². The van der Waals surface area contributed by atoms with Crippen molar-refractivity contribution < 1.29 is 13.9 Å². The minimum Gasteiger partial charge on any atom is -0.474 e. The van der Waals surface area contributed by atoms with Crippen LogP contribution in [-0.2, 0) is 4.79 Å². The number of piperidine rings is 1. The molecule has 102 valence electrons. The monoisotopic (exact) mass is 264 g/mol. The van der Waals surface area contributed by atoms with Gasteiger partial charge in [0.2, 0.25) is 17.7 Å². The molecule has 0 spiro atoms. The molecule has 1 saturated heterocycles. The topological polar surface area (TPSA) is 42.4 Å². The number of carbonyl (C=O) groups excluding carboxylic acids is 1. The fourth-order valence-corrected chi connectivity index (χ4v) is 2.07. The molecule has 1 aliphatic rings. The Morgan fingerprint density at radius 1 is 1.47 bits per heavy atom. The number of pyridine rings is 1. The number of rotatable bonds is 3. The lowest BCUT2D eigenvalue weighted by molar-refractivity contribution is -0.127. The zero-order valence-electron chi connectivity index (χ0n) is 10.9. The summed E-state index contributed by atoms with van der Waals surface area (Å²) < 4.78 is 18.5. The number of aromatic nitrogens is 1. The molecule has 1 amide bonds. The van der Waals surface area contributed by atoms with Crippen LogP contribution in [0.25, 0.3) is 0 Å². The van der Waals surface area contributed by atoms with Gasteiger partial charge in [-0.15, -0.1) is 0 Å². The van der Waals surface area contributed by atoms with Crippen molar-refractivity contribution in [3.63, 3.8) is 0 Å². The second-order valence-electron chi connectivity index (χ2n) is 4.44. The first-order valence-electron chi connectivity index (χ1n) is 6.40. The van der Waals surface area contributed by atoms with Gasteiger partial charge in [0.1, 0.15) is 6.10 Å². The van der Waals surface area contributed by atoms with E-state index < -0.39 is 5.95 Å². The average molecular weight is 264 g/mol. The van der Waals surface area contributed by atoms with Gasteiger partial charge in [0.25, 0.3) is 0 Å². The molecule has 0 radical (unpaired) electrons. The van der Waals surface area contributed by atoms with E-state index in [1.54, 1.807) is 29.2 Å². The lowest BCUT2D eigenvalue weighted by Crippen LogP contribution is -2.41. The van der Waals surface area contributed by atoms with Gasteiger partial charge in [-0.3, -0.25) is 4.79 Å². The number of hydrogen-bond acceptors (Lipinski definition) is 3. The first kappa shape index (κ1) is 13.5. The molecule has 1 fully saturated rings. The van der Waals surface area contributed by atoms with E-state index in [1.807, 2.05) is 6.92 Å². The first-order valence-corrected chi connectivity index (χ1v) is 6.40. The number of nitrogens with zero attached hydrogens (tertiary/aromatic N) is 2. The van der Waals surface area contributed by atoms with Crippen molar-refractivity contribution in [1.29, 1.82) is 0 Å². The SMILES string of the molecule is C/C=C/C(=O)N1CCC(Oc2cccc(F)n2)CC1. The highest BCUT2D eigenvalue weighted by Crippen LogP contribution is 2.17. The number of halogens is 1. The number of hydrogen-bond donors (Lipinski definition) is 0. The summed E-state index contributed by atoms with van der Waals surface area (Å²) in [6.45, 7) is 3.13. The summed E-state index contributed by atoms with van der Waals surface area (Å²) >= 11 is 0. The minimum atomic E-state index is -0.543. The smallest absolute Gasteiger partial charge is 0.246 e. The molecule has 1 aromatic rings. The summed E-state index contributed by atoms with van der Waals surface area (Å²) in [5.41, 5.74) is 0. The van der Waals surface area contributed by atoms with Crippen LogP contribution in [0.1, 0.15) is 19.8 Å². The maximum Gasteiger partial charge on any atom is 0.246 e. The maximum absolute atomic E-state index is 12.9. The van der Waals surface area contributed by atoms with E-state index >= 15 is 0 Å². The number of carbonyl (C=O) groups is 1. The Labute approximate surface area is 111 Å². The molecular weight excluding hydrogens is 247 g/mol. The molecule has 0 N–H and O–H groups in total. The fraction of sp³-hybridized carbons (Fsp3) is 0.429. The molecule has 0 atom stereocenters. The molecule has 19 heavy (non-hydrogen) atoms. The summed E-state index contributed by atoms with van der Waals surface area (Å²) in [5.74, 6) is -0.207. The van der Waals surface area contributed by atoms with Crippen LogP contribution in [0.3, 0.4) is 0 Å². The highest BCUT2D eigenvalue weighted by Gasteiger charge is 2.22. The zero-order valence-corrected chi connectivity index (χ0v) is 10.9. The Balaban J connectivity index is 1.85. The van der Waals surface area contributed by atoms with Crippen LogP contribution < -0.4 is 4.74 Å². The molecule has 1 aliphatic heterocycles. The van der Waals surface area contributed by atoms with Crippen LogP contribution in [0.2, 0.25) is 0 Å². The van der Waals surface area contributed by atoms with Crippen LogP contribution in [0.15, 0.2) is 30.4 Å². The van der Waals surface area contributed by atoms with Crippen LogP contribution in [-0.4, -0.2) is 35.0 Å². The van der Waals surface area contributed by atoms with Gasteiger partial charge in [0, 0.05) is 32.0 Å². The number of ether oxygens (including phenoxy) is 1. The maximum atomic E-state index is 12.9. The second-order valence-corrected chi connectivity index (χ2v) is 4.44. The molecule has 5 heteroatoms. The van der Waals surface area contributed by atoms with Crippen LogP contribution in [0.5, 0.6) is 5.88 Å². The molecule has 0 aliphatic carbocycles. The van der Waals surface area contributed by atoms with Crippen molar-refractivity contribution in [2.45, 2.75) is 25.9 Å². The Kier molecular flexibility index (Phi) is 4.49. The molecular formula is C14H17FN2O2. The summed E-state index contributed by atoms with van der Waals surface area (Å²) in [6, 6.07) is 4.49. The van der Waals surface area contributed by atoms with Crippen molar-refractivity contribution in [2.75, 3.05) is 13.1 Å². The van der Waals surface area contributed by atoms with Crippen molar-refractivity contribution in [3.05, 3.63) is 36.3 Å². The van der Waals surface area contributed by atoms with Gasteiger partial charge in [-0.2, -0.15) is 9.37 Å². The van der Waals surface area contributed by atoms with E-state index in [1.165, 1.54) is 6.07 Å². The highest BCUT2D eigenvalue weighted by molar-refractivity contribution is 5.87. The van der Waals surface area contributed by atoms with Crippen LogP contribution in [0.4, 0.5) is 4.39 Å². The molecule has 0 bridgehead atoms. The summed E-state index contributed by atoms with van der Waals surface area (Å²) in [4.78, 5) is 17.1. The zero-order chi connectivity index (χ0) is 13.7. The minimum absolute atomic E-state index is 0.0102. The Bertz CT molecular complexity index is 468. The molecule has 0 unspecified atom stereocenters. The van der Waals surface area contributed by atoms with E-state index in [0.717, 1.165) is 12.8 Å². The summed E-state index contributed by atoms with van der Waals surface area (Å²) in [5, 5.41) is 0. The van der Waals surface area contributed by atoms with E-state index in [4.69, 9.17) is 4.74 Å². The van der Waals surface area contributed by atoms with Gasteiger partial charge in [-0.1, -0.05) is 12.1 Å². The van der Waals surface area contributed by atoms with E-state index in [-0.39, 0.29) is 12.0 Å². The molecule has 0 saturated carbocycles. The normalized spacial score (nSPS) is 16.8. The quantitative estimate of drug-likeness (QED) is 0.620. The van der Waals surface area contributed by atoms with Gasteiger partial charge in [-0.25, -0.2) is 0 Å². The third-order valence-electron chi connectivity index (χ3n) is 3.04. The molecule has 1 aromatic heterocycles. The van der Waals surface area contributed by atoms with Gasteiger partial charge in [0.05, 0.1) is 0 Å². The van der Waals surface area contributed by atoms with Gasteiger partial charge in [0.15, 0.2) is 0 Å². The van der Waals surface area contributed by atoms with Crippen LogP contribution >= 0.6 is 0 Å². The predicted octanol–water partition coefficient (Wildman–Crippen LogP) is 2.17. The molecule has 0 aromatic carbocycles. The number of allylic oxidation sites excluding steroid dienone is 1.